The lowest BCUT2D eigenvalue weighted by Gasteiger charge is -2.33. The van der Waals surface area contributed by atoms with Gasteiger partial charge in [-0.25, -0.2) is 0 Å². The molecule has 0 radical (unpaired) electrons. The molecule has 0 aromatic heterocycles. The van der Waals surface area contributed by atoms with E-state index in [1.54, 1.807) is 0 Å². The third-order valence-corrected chi connectivity index (χ3v) is 5.25. The molecule has 4 heteroatoms. The van der Waals surface area contributed by atoms with E-state index in [1.807, 2.05) is 38.1 Å². The van der Waals surface area contributed by atoms with Crippen molar-refractivity contribution in [2.75, 3.05) is 24.6 Å². The first kappa shape index (κ1) is 19.3. The Morgan fingerprint density at radius 2 is 1.96 bits per heavy atom. The highest BCUT2D eigenvalue weighted by atomic mass is 16.5. The smallest absolute Gasteiger partial charge is 0.258 e. The number of para-hydroxylation sites is 1. The molecule has 1 fully saturated rings. The molecule has 0 aliphatic carbocycles. The van der Waals surface area contributed by atoms with Gasteiger partial charge in [-0.15, -0.1) is 0 Å². The summed E-state index contributed by atoms with van der Waals surface area (Å²) in [6.07, 6.45) is 2.58. The third-order valence-electron chi connectivity index (χ3n) is 5.25. The van der Waals surface area contributed by atoms with E-state index in [9.17, 15) is 4.79 Å². The van der Waals surface area contributed by atoms with Gasteiger partial charge in [0.15, 0.2) is 6.61 Å². The van der Waals surface area contributed by atoms with Gasteiger partial charge in [0, 0.05) is 18.8 Å². The van der Waals surface area contributed by atoms with Gasteiger partial charge in [-0.05, 0) is 61.9 Å². The number of aryl methyl sites for hydroxylation is 1. The van der Waals surface area contributed by atoms with Gasteiger partial charge in [0.2, 0.25) is 0 Å². The van der Waals surface area contributed by atoms with E-state index >= 15 is 0 Å². The van der Waals surface area contributed by atoms with Crippen LogP contribution >= 0.6 is 0 Å². The number of nitrogens with zero attached hydrogens (tertiary/aromatic N) is 1. The number of piperidine rings is 1. The molecule has 4 nitrogen and oxygen atoms in total. The highest BCUT2D eigenvalue weighted by molar-refractivity contribution is 5.78. The topological polar surface area (TPSA) is 41.6 Å². The van der Waals surface area contributed by atoms with Gasteiger partial charge in [-0.1, -0.05) is 37.3 Å². The maximum absolute atomic E-state index is 12.2. The minimum Gasteiger partial charge on any atom is -0.484 e. The number of carbonyl (C=O) groups is 1. The second-order valence-electron chi connectivity index (χ2n) is 7.63. The molecule has 2 aromatic rings. The predicted octanol–water partition coefficient (Wildman–Crippen LogP) is 4.49. The molecule has 0 bridgehead atoms. The van der Waals surface area contributed by atoms with Crippen LogP contribution in [0.2, 0.25) is 0 Å². The Bertz CT molecular complexity index is 757. The maximum Gasteiger partial charge on any atom is 0.258 e. The number of amides is 1. The largest absolute Gasteiger partial charge is 0.484 e. The first-order valence-electron chi connectivity index (χ1n) is 9.85. The molecule has 144 valence electrons. The summed E-state index contributed by atoms with van der Waals surface area (Å²) in [5.41, 5.74) is 3.40. The number of nitrogens with one attached hydrogen (secondary N) is 1. The average molecular weight is 367 g/mol. The zero-order chi connectivity index (χ0) is 19.2. The van der Waals surface area contributed by atoms with Crippen LogP contribution in [0.25, 0.3) is 0 Å². The van der Waals surface area contributed by atoms with Crippen molar-refractivity contribution in [2.24, 2.45) is 5.92 Å². The minimum atomic E-state index is -0.111. The summed E-state index contributed by atoms with van der Waals surface area (Å²) < 4.78 is 5.63. The van der Waals surface area contributed by atoms with E-state index in [4.69, 9.17) is 4.74 Å². The second-order valence-corrected chi connectivity index (χ2v) is 7.63. The summed E-state index contributed by atoms with van der Waals surface area (Å²) in [6.45, 7) is 8.58. The summed E-state index contributed by atoms with van der Waals surface area (Å²) in [5, 5.41) is 3.01. The van der Waals surface area contributed by atoms with Crippen LogP contribution in [0.5, 0.6) is 5.75 Å². The SMILES string of the molecule is Cc1ccccc1OCC(=O)N[C@H](C)c1ccc(N2CCC[C@@H](C)C2)cc1. The zero-order valence-electron chi connectivity index (χ0n) is 16.6. The molecule has 3 rings (SSSR count). The van der Waals surface area contributed by atoms with Crippen LogP contribution in [0.3, 0.4) is 0 Å². The number of carbonyl (C=O) groups excluding carboxylic acids is 1. The molecule has 0 spiro atoms. The van der Waals surface area contributed by atoms with Crippen molar-refractivity contribution in [1.29, 1.82) is 0 Å². The zero-order valence-corrected chi connectivity index (χ0v) is 16.6. The lowest BCUT2D eigenvalue weighted by atomic mass is 9.99. The van der Waals surface area contributed by atoms with Crippen molar-refractivity contribution in [3.05, 3.63) is 59.7 Å². The number of hydrogen-bond acceptors (Lipinski definition) is 3. The summed E-state index contributed by atoms with van der Waals surface area (Å²) in [5.74, 6) is 1.39. The molecular formula is C23H30N2O2. The molecule has 2 aromatic carbocycles. The number of ether oxygens (including phenoxy) is 1. The maximum atomic E-state index is 12.2. The van der Waals surface area contributed by atoms with Crippen LogP contribution in [0.4, 0.5) is 5.69 Å². The molecule has 1 amide bonds. The van der Waals surface area contributed by atoms with Gasteiger partial charge in [0.25, 0.3) is 5.91 Å². The minimum absolute atomic E-state index is 0.0267. The third kappa shape index (κ3) is 5.25. The van der Waals surface area contributed by atoms with Crippen LogP contribution in [0.15, 0.2) is 48.5 Å². The molecule has 0 saturated carbocycles. The average Bonchev–Trinajstić information content (AvgIpc) is 2.67. The van der Waals surface area contributed by atoms with Crippen LogP contribution in [0.1, 0.15) is 43.9 Å². The monoisotopic (exact) mass is 366 g/mol. The highest BCUT2D eigenvalue weighted by Crippen LogP contribution is 2.24. The lowest BCUT2D eigenvalue weighted by Crippen LogP contribution is -2.34. The lowest BCUT2D eigenvalue weighted by molar-refractivity contribution is -0.123. The standard InChI is InChI=1S/C23H30N2O2/c1-17-7-6-14-25(15-17)21-12-10-20(11-13-21)19(3)24-23(26)16-27-22-9-5-4-8-18(22)2/h4-5,8-13,17,19H,6-7,14-16H2,1-3H3,(H,24,26)/t17-,19-/m1/s1. The molecule has 1 N–H and O–H groups in total. The Balaban J connectivity index is 1.52. The number of rotatable bonds is 6. The molecule has 1 saturated heterocycles. The van der Waals surface area contributed by atoms with Gasteiger partial charge in [0.1, 0.15) is 5.75 Å². The first-order chi connectivity index (χ1) is 13.0. The van der Waals surface area contributed by atoms with Gasteiger partial charge in [0.05, 0.1) is 6.04 Å². The Hall–Kier alpha value is -2.49. The second kappa shape index (κ2) is 8.94. The molecule has 27 heavy (non-hydrogen) atoms. The Morgan fingerprint density at radius 3 is 2.67 bits per heavy atom. The Labute approximate surface area is 162 Å². The van der Waals surface area contributed by atoms with Crippen molar-refractivity contribution in [3.8, 4) is 5.75 Å². The van der Waals surface area contributed by atoms with Crippen molar-refractivity contribution in [1.82, 2.24) is 5.32 Å². The van der Waals surface area contributed by atoms with Gasteiger partial charge in [-0.3, -0.25) is 4.79 Å². The van der Waals surface area contributed by atoms with E-state index in [-0.39, 0.29) is 18.6 Å². The fourth-order valence-corrected chi connectivity index (χ4v) is 3.63. The number of benzene rings is 2. The molecule has 2 atom stereocenters. The highest BCUT2D eigenvalue weighted by Gasteiger charge is 2.17. The van der Waals surface area contributed by atoms with Crippen LogP contribution < -0.4 is 15.0 Å². The fraction of sp³-hybridized carbons (Fsp3) is 0.435. The number of hydrogen-bond donors (Lipinski definition) is 1. The molecule has 1 aliphatic rings. The predicted molar refractivity (Wildman–Crippen MR) is 110 cm³/mol. The van der Waals surface area contributed by atoms with E-state index in [1.165, 1.54) is 18.5 Å². The summed E-state index contributed by atoms with van der Waals surface area (Å²) in [4.78, 5) is 14.7. The van der Waals surface area contributed by atoms with E-state index in [2.05, 4.69) is 41.4 Å². The fourth-order valence-electron chi connectivity index (χ4n) is 3.63. The van der Waals surface area contributed by atoms with Crippen molar-refractivity contribution >= 4 is 11.6 Å². The van der Waals surface area contributed by atoms with Crippen LogP contribution in [-0.2, 0) is 4.79 Å². The van der Waals surface area contributed by atoms with Gasteiger partial charge >= 0.3 is 0 Å². The van der Waals surface area contributed by atoms with Crippen LogP contribution in [-0.4, -0.2) is 25.6 Å². The molecule has 1 aliphatic heterocycles. The Kier molecular flexibility index (Phi) is 6.38. The molecule has 1 heterocycles. The quantitative estimate of drug-likeness (QED) is 0.819. The van der Waals surface area contributed by atoms with Gasteiger partial charge < -0.3 is 15.0 Å². The van der Waals surface area contributed by atoms with Crippen molar-refractivity contribution in [2.45, 2.75) is 39.7 Å². The summed E-state index contributed by atoms with van der Waals surface area (Å²) in [6, 6.07) is 16.2. The van der Waals surface area contributed by atoms with E-state index in [0.29, 0.717) is 0 Å². The van der Waals surface area contributed by atoms with Gasteiger partial charge in [-0.2, -0.15) is 0 Å². The van der Waals surface area contributed by atoms with Crippen molar-refractivity contribution in [3.63, 3.8) is 0 Å². The molecule has 0 unspecified atom stereocenters. The Morgan fingerprint density at radius 1 is 1.22 bits per heavy atom. The first-order valence-corrected chi connectivity index (χ1v) is 9.85. The number of anilines is 1. The normalized spacial score (nSPS) is 18.0. The van der Waals surface area contributed by atoms with Crippen LogP contribution in [0, 0.1) is 12.8 Å². The van der Waals surface area contributed by atoms with Crippen molar-refractivity contribution < 1.29 is 9.53 Å². The summed E-state index contributed by atoms with van der Waals surface area (Å²) >= 11 is 0. The molecular weight excluding hydrogens is 336 g/mol. The van der Waals surface area contributed by atoms with E-state index in [0.717, 1.165) is 35.9 Å². The summed E-state index contributed by atoms with van der Waals surface area (Å²) in [7, 11) is 0. The van der Waals surface area contributed by atoms with E-state index < -0.39 is 0 Å².